The summed E-state index contributed by atoms with van der Waals surface area (Å²) in [6.45, 7) is 0.177. The predicted octanol–water partition coefficient (Wildman–Crippen LogP) is -1.25. The van der Waals surface area contributed by atoms with Gasteiger partial charge in [-0.1, -0.05) is 0 Å². The molecule has 0 heterocycles. The van der Waals surface area contributed by atoms with Crippen LogP contribution in [-0.2, 0) is 4.79 Å². The van der Waals surface area contributed by atoms with Crippen LogP contribution in [0.25, 0.3) is 0 Å². The Hall–Kier alpha value is -1.30. The van der Waals surface area contributed by atoms with Crippen LogP contribution in [0.4, 0.5) is 4.79 Å². The van der Waals surface area contributed by atoms with Crippen molar-refractivity contribution in [3.63, 3.8) is 0 Å². The van der Waals surface area contributed by atoms with Crippen molar-refractivity contribution in [1.82, 2.24) is 10.6 Å². The van der Waals surface area contributed by atoms with E-state index < -0.39 is 6.09 Å². The molecule has 12 heavy (non-hydrogen) atoms. The van der Waals surface area contributed by atoms with Crippen LogP contribution in [-0.4, -0.2) is 41.9 Å². The fourth-order valence-electron chi connectivity index (χ4n) is 0.567. The summed E-state index contributed by atoms with van der Waals surface area (Å²) in [5, 5.41) is 20.9. The van der Waals surface area contributed by atoms with Gasteiger partial charge in [0.1, 0.15) is 0 Å². The summed E-state index contributed by atoms with van der Waals surface area (Å²) in [6.07, 6.45) is -1.06. The Balaban J connectivity index is 3.25. The molecule has 0 unspecified atom stereocenters. The molecule has 70 valence electrons. The minimum Gasteiger partial charge on any atom is -0.465 e. The molecule has 6 nitrogen and oxygen atoms in total. The first kappa shape index (κ1) is 10.7. The summed E-state index contributed by atoms with van der Waals surface area (Å²) in [6, 6.07) is 0. The molecule has 0 atom stereocenters. The molecule has 2 amide bonds. The van der Waals surface area contributed by atoms with Crippen molar-refractivity contribution in [1.29, 1.82) is 0 Å². The van der Waals surface area contributed by atoms with Gasteiger partial charge in [-0.3, -0.25) is 4.79 Å². The summed E-state index contributed by atoms with van der Waals surface area (Å²) in [5.74, 6) is -0.280. The smallest absolute Gasteiger partial charge is 0.404 e. The Kier molecular flexibility index (Phi) is 5.72. The topological polar surface area (TPSA) is 98.7 Å². The van der Waals surface area contributed by atoms with E-state index in [1.165, 1.54) is 0 Å². The maximum Gasteiger partial charge on any atom is 0.404 e. The first-order chi connectivity index (χ1) is 5.66. The number of rotatable bonds is 5. The Morgan fingerprint density at radius 1 is 1.17 bits per heavy atom. The molecular weight excluding hydrogens is 164 g/mol. The van der Waals surface area contributed by atoms with Gasteiger partial charge in [-0.25, -0.2) is 4.79 Å². The maximum absolute atomic E-state index is 10.7. The quantitative estimate of drug-likeness (QED) is 0.420. The number of hydrogen-bond acceptors (Lipinski definition) is 3. The van der Waals surface area contributed by atoms with Gasteiger partial charge in [-0.2, -0.15) is 0 Å². The lowest BCUT2D eigenvalue weighted by atomic mass is 10.4. The average molecular weight is 176 g/mol. The fraction of sp³-hybridized carbons (Fsp3) is 0.667. The molecule has 0 saturated carbocycles. The van der Waals surface area contributed by atoms with Crippen molar-refractivity contribution in [3.8, 4) is 0 Å². The van der Waals surface area contributed by atoms with E-state index in [-0.39, 0.29) is 32.0 Å². The van der Waals surface area contributed by atoms with Crippen molar-refractivity contribution in [3.05, 3.63) is 0 Å². The molecule has 0 aliphatic heterocycles. The number of carbonyl (C=O) groups is 2. The van der Waals surface area contributed by atoms with E-state index in [0.717, 1.165) is 0 Å². The minimum atomic E-state index is -1.15. The molecule has 0 aromatic heterocycles. The van der Waals surface area contributed by atoms with E-state index >= 15 is 0 Å². The normalized spacial score (nSPS) is 9.08. The molecule has 0 bridgehead atoms. The van der Waals surface area contributed by atoms with Gasteiger partial charge in [0.05, 0.1) is 6.61 Å². The van der Waals surface area contributed by atoms with E-state index in [9.17, 15) is 9.59 Å². The van der Waals surface area contributed by atoms with Crippen LogP contribution in [0.1, 0.15) is 6.42 Å². The Labute approximate surface area is 69.6 Å². The van der Waals surface area contributed by atoms with Crippen LogP contribution in [0.5, 0.6) is 0 Å². The van der Waals surface area contributed by atoms with Crippen LogP contribution in [0.15, 0.2) is 0 Å². The monoisotopic (exact) mass is 176 g/mol. The number of aliphatic hydroxyl groups is 1. The van der Waals surface area contributed by atoms with Gasteiger partial charge in [0.15, 0.2) is 0 Å². The first-order valence-corrected chi connectivity index (χ1v) is 3.51. The lowest BCUT2D eigenvalue weighted by Gasteiger charge is -2.02. The summed E-state index contributed by atoms with van der Waals surface area (Å²) in [7, 11) is 0. The summed E-state index contributed by atoms with van der Waals surface area (Å²) < 4.78 is 0. The highest BCUT2D eigenvalue weighted by molar-refractivity contribution is 5.76. The van der Waals surface area contributed by atoms with Crippen molar-refractivity contribution in [2.45, 2.75) is 6.42 Å². The molecule has 6 heteroatoms. The molecule has 0 saturated heterocycles. The number of carbonyl (C=O) groups excluding carboxylic acids is 1. The average Bonchev–Trinajstić information content (AvgIpc) is 2.00. The molecule has 0 aromatic carbocycles. The molecule has 4 N–H and O–H groups in total. The summed E-state index contributed by atoms with van der Waals surface area (Å²) in [4.78, 5) is 20.6. The zero-order valence-corrected chi connectivity index (χ0v) is 6.54. The highest BCUT2D eigenvalue weighted by Gasteiger charge is 2.00. The van der Waals surface area contributed by atoms with Crippen LogP contribution < -0.4 is 10.6 Å². The van der Waals surface area contributed by atoms with Gasteiger partial charge in [0.25, 0.3) is 0 Å². The molecule has 0 radical (unpaired) electrons. The minimum absolute atomic E-state index is 0.0896. The lowest BCUT2D eigenvalue weighted by Crippen LogP contribution is -2.31. The number of hydrogen-bond donors (Lipinski definition) is 4. The predicted molar refractivity (Wildman–Crippen MR) is 40.7 cm³/mol. The lowest BCUT2D eigenvalue weighted by molar-refractivity contribution is -0.121. The number of carboxylic acid groups (broad SMARTS) is 1. The van der Waals surface area contributed by atoms with Gasteiger partial charge < -0.3 is 20.8 Å². The molecule has 0 fully saturated rings. The number of nitrogens with one attached hydrogen (secondary N) is 2. The van der Waals surface area contributed by atoms with Crippen LogP contribution in [0, 0.1) is 0 Å². The zero-order valence-electron chi connectivity index (χ0n) is 6.54. The van der Waals surface area contributed by atoms with Crippen molar-refractivity contribution < 1.29 is 19.8 Å². The highest BCUT2D eigenvalue weighted by Crippen LogP contribution is 1.76. The zero-order chi connectivity index (χ0) is 9.40. The largest absolute Gasteiger partial charge is 0.465 e. The molecule has 0 aliphatic carbocycles. The standard InChI is InChI=1S/C6H12N2O4/c9-4-3-7-5(10)1-2-8-6(11)12/h8-9H,1-4H2,(H,7,10)(H,11,12). The van der Waals surface area contributed by atoms with Gasteiger partial charge in [0.2, 0.25) is 5.91 Å². The molecule has 0 rings (SSSR count). The Morgan fingerprint density at radius 2 is 1.83 bits per heavy atom. The van der Waals surface area contributed by atoms with Crippen LogP contribution in [0.2, 0.25) is 0 Å². The molecular formula is C6H12N2O4. The van der Waals surface area contributed by atoms with Gasteiger partial charge in [-0.15, -0.1) is 0 Å². The van der Waals surface area contributed by atoms with Crippen molar-refractivity contribution in [2.75, 3.05) is 19.7 Å². The second-order valence-electron chi connectivity index (χ2n) is 2.06. The molecule has 0 aromatic rings. The fourth-order valence-corrected chi connectivity index (χ4v) is 0.567. The third kappa shape index (κ3) is 6.81. The maximum atomic E-state index is 10.7. The number of amides is 2. The van der Waals surface area contributed by atoms with Gasteiger partial charge >= 0.3 is 6.09 Å². The van der Waals surface area contributed by atoms with Crippen molar-refractivity contribution >= 4 is 12.0 Å². The third-order valence-corrected chi connectivity index (χ3v) is 1.06. The van der Waals surface area contributed by atoms with Crippen molar-refractivity contribution in [2.24, 2.45) is 0 Å². The summed E-state index contributed by atoms with van der Waals surface area (Å²) >= 11 is 0. The van der Waals surface area contributed by atoms with Gasteiger partial charge in [0, 0.05) is 19.5 Å². The Morgan fingerprint density at radius 3 is 2.33 bits per heavy atom. The Bertz CT molecular complexity index is 160. The SMILES string of the molecule is O=C(O)NCCC(=O)NCCO. The second kappa shape index (κ2) is 6.41. The van der Waals surface area contributed by atoms with E-state index in [1.807, 2.05) is 5.32 Å². The second-order valence-corrected chi connectivity index (χ2v) is 2.06. The highest BCUT2D eigenvalue weighted by atomic mass is 16.4. The summed E-state index contributed by atoms with van der Waals surface area (Å²) in [5.41, 5.74) is 0. The van der Waals surface area contributed by atoms with E-state index in [1.54, 1.807) is 0 Å². The first-order valence-electron chi connectivity index (χ1n) is 3.51. The van der Waals surface area contributed by atoms with Gasteiger partial charge in [-0.05, 0) is 0 Å². The van der Waals surface area contributed by atoms with Crippen LogP contribution in [0.3, 0.4) is 0 Å². The van der Waals surface area contributed by atoms with E-state index in [0.29, 0.717) is 0 Å². The van der Waals surface area contributed by atoms with Crippen LogP contribution >= 0.6 is 0 Å². The third-order valence-electron chi connectivity index (χ3n) is 1.06. The number of aliphatic hydroxyl groups excluding tert-OH is 1. The molecule has 0 spiro atoms. The van der Waals surface area contributed by atoms with E-state index in [4.69, 9.17) is 10.2 Å². The van der Waals surface area contributed by atoms with E-state index in [2.05, 4.69) is 5.32 Å². The molecule has 0 aliphatic rings.